The summed E-state index contributed by atoms with van der Waals surface area (Å²) in [5.41, 5.74) is 0.731. The van der Waals surface area contributed by atoms with Gasteiger partial charge in [-0.15, -0.1) is 40.8 Å². The third-order valence-corrected chi connectivity index (χ3v) is 3.90. The van der Waals surface area contributed by atoms with E-state index in [4.69, 9.17) is 14.2 Å². The smallest absolute Gasteiger partial charge is 0.203 e. The number of nitrogens with zero attached hydrogens (tertiary/aromatic N) is 4. The van der Waals surface area contributed by atoms with Crippen LogP contribution < -0.4 is 24.8 Å². The summed E-state index contributed by atoms with van der Waals surface area (Å²) in [4.78, 5) is 4.56. The van der Waals surface area contributed by atoms with E-state index in [2.05, 4.69) is 32.4 Å². The second-order valence-electron chi connectivity index (χ2n) is 5.60. The van der Waals surface area contributed by atoms with Crippen LogP contribution in [0.3, 0.4) is 0 Å². The van der Waals surface area contributed by atoms with Crippen LogP contribution in [0.2, 0.25) is 0 Å². The molecule has 1 aromatic carbocycles. The molecule has 0 amide bonds. The molecule has 0 saturated carbocycles. The number of aliphatic imine (C=N–C) groups is 1. The van der Waals surface area contributed by atoms with E-state index in [0.717, 1.165) is 17.3 Å². The minimum absolute atomic E-state index is 0. The summed E-state index contributed by atoms with van der Waals surface area (Å²) in [6, 6.07) is 3.61. The average molecular weight is 502 g/mol. The number of methoxy groups -OCH3 is 3. The molecule has 0 aliphatic carbocycles. The number of aryl methyl sites for hydroxylation is 1. The first-order valence-electron chi connectivity index (χ1n) is 8.35. The van der Waals surface area contributed by atoms with Crippen LogP contribution in [0.1, 0.15) is 11.6 Å². The molecule has 10 heteroatoms. The number of guanidine groups is 1. The molecule has 2 rings (SSSR count). The largest absolute Gasteiger partial charge is 0.493 e. The molecule has 0 aliphatic heterocycles. The fourth-order valence-corrected chi connectivity index (χ4v) is 2.34. The predicted molar refractivity (Wildman–Crippen MR) is 120 cm³/mol. The Bertz CT molecular complexity index is 797. The van der Waals surface area contributed by atoms with E-state index in [9.17, 15) is 0 Å². The zero-order valence-electron chi connectivity index (χ0n) is 16.8. The molecule has 1 aromatic heterocycles. The zero-order chi connectivity index (χ0) is 19.8. The third-order valence-electron chi connectivity index (χ3n) is 3.90. The van der Waals surface area contributed by atoms with Crippen LogP contribution >= 0.6 is 24.0 Å². The van der Waals surface area contributed by atoms with Gasteiger partial charge >= 0.3 is 0 Å². The van der Waals surface area contributed by atoms with Gasteiger partial charge in [-0.05, 0) is 6.92 Å². The quantitative estimate of drug-likeness (QED) is 0.248. The fraction of sp³-hybridized carbons (Fsp3) is 0.389. The first-order chi connectivity index (χ1) is 13.0. The van der Waals surface area contributed by atoms with E-state index in [1.54, 1.807) is 39.5 Å². The van der Waals surface area contributed by atoms with E-state index >= 15 is 0 Å². The number of rotatable bonds is 8. The lowest BCUT2D eigenvalue weighted by Gasteiger charge is -2.16. The van der Waals surface area contributed by atoms with Gasteiger partial charge in [-0.3, -0.25) is 0 Å². The minimum Gasteiger partial charge on any atom is -0.493 e. The summed E-state index contributed by atoms with van der Waals surface area (Å²) >= 11 is 0. The van der Waals surface area contributed by atoms with Gasteiger partial charge in [0.2, 0.25) is 5.75 Å². The molecule has 0 atom stereocenters. The number of hydrogen-bond donors (Lipinski definition) is 2. The molecule has 0 spiro atoms. The van der Waals surface area contributed by atoms with Crippen LogP contribution in [-0.2, 0) is 13.6 Å². The average Bonchev–Trinajstić information content (AvgIpc) is 3.01. The Morgan fingerprint density at radius 3 is 2.29 bits per heavy atom. The summed E-state index contributed by atoms with van der Waals surface area (Å²) in [5, 5.41) is 14.6. The van der Waals surface area contributed by atoms with E-state index in [0.29, 0.717) is 36.3 Å². The molecule has 154 valence electrons. The highest BCUT2D eigenvalue weighted by atomic mass is 127. The number of halogens is 1. The van der Waals surface area contributed by atoms with Crippen LogP contribution in [0.4, 0.5) is 5.69 Å². The van der Waals surface area contributed by atoms with E-state index < -0.39 is 0 Å². The van der Waals surface area contributed by atoms with Crippen molar-refractivity contribution < 1.29 is 14.2 Å². The van der Waals surface area contributed by atoms with Crippen molar-refractivity contribution in [3.05, 3.63) is 36.4 Å². The first kappa shape index (κ1) is 23.5. The van der Waals surface area contributed by atoms with Crippen molar-refractivity contribution in [3.63, 3.8) is 0 Å². The van der Waals surface area contributed by atoms with Crippen molar-refractivity contribution in [2.75, 3.05) is 33.2 Å². The highest BCUT2D eigenvalue weighted by molar-refractivity contribution is 14.0. The Kier molecular flexibility index (Phi) is 9.56. The topological polar surface area (TPSA) is 94.8 Å². The van der Waals surface area contributed by atoms with Gasteiger partial charge in [0.25, 0.3) is 0 Å². The molecule has 0 fully saturated rings. The lowest BCUT2D eigenvalue weighted by atomic mass is 10.2. The van der Waals surface area contributed by atoms with Gasteiger partial charge in [0, 0.05) is 31.4 Å². The summed E-state index contributed by atoms with van der Waals surface area (Å²) in [7, 11) is 6.61. The Balaban J connectivity index is 0.00000392. The molecule has 0 radical (unpaired) electrons. The number of anilines is 1. The predicted octanol–water partition coefficient (Wildman–Crippen LogP) is 2.51. The van der Waals surface area contributed by atoms with Crippen molar-refractivity contribution in [1.29, 1.82) is 0 Å². The summed E-state index contributed by atoms with van der Waals surface area (Å²) in [6.45, 7) is 6.54. The van der Waals surface area contributed by atoms with E-state index in [1.807, 2.05) is 18.5 Å². The van der Waals surface area contributed by atoms with Gasteiger partial charge in [0.05, 0.1) is 21.3 Å². The van der Waals surface area contributed by atoms with E-state index in [1.165, 1.54) is 0 Å². The van der Waals surface area contributed by atoms with Gasteiger partial charge in [0.15, 0.2) is 23.3 Å². The van der Waals surface area contributed by atoms with Gasteiger partial charge in [-0.25, -0.2) is 4.99 Å². The fourth-order valence-electron chi connectivity index (χ4n) is 2.34. The molecule has 28 heavy (non-hydrogen) atoms. The van der Waals surface area contributed by atoms with Crippen molar-refractivity contribution >= 4 is 35.6 Å². The molecule has 0 saturated heterocycles. The number of nitrogens with one attached hydrogen (secondary N) is 2. The van der Waals surface area contributed by atoms with Crippen LogP contribution in [-0.4, -0.2) is 48.6 Å². The molecule has 9 nitrogen and oxygen atoms in total. The number of benzene rings is 1. The Morgan fingerprint density at radius 1 is 1.18 bits per heavy atom. The van der Waals surface area contributed by atoms with Gasteiger partial charge in [0.1, 0.15) is 12.4 Å². The van der Waals surface area contributed by atoms with Crippen LogP contribution in [0.5, 0.6) is 17.2 Å². The van der Waals surface area contributed by atoms with Crippen molar-refractivity contribution in [3.8, 4) is 17.2 Å². The molecule has 2 aromatic rings. The lowest BCUT2D eigenvalue weighted by molar-refractivity contribution is 0.324. The highest BCUT2D eigenvalue weighted by Gasteiger charge is 2.14. The maximum absolute atomic E-state index is 5.39. The summed E-state index contributed by atoms with van der Waals surface area (Å²) < 4.78 is 18.0. The monoisotopic (exact) mass is 502 g/mol. The molecular formula is C18H27IN6O3. The summed E-state index contributed by atoms with van der Waals surface area (Å²) in [6.07, 6.45) is 1.75. The van der Waals surface area contributed by atoms with Gasteiger partial charge in [-0.1, -0.05) is 6.08 Å². The second-order valence-corrected chi connectivity index (χ2v) is 5.60. The highest BCUT2D eigenvalue weighted by Crippen LogP contribution is 2.39. The lowest BCUT2D eigenvalue weighted by Crippen LogP contribution is -2.31. The number of ether oxygens (including phenoxy) is 3. The molecule has 0 unspecified atom stereocenters. The van der Waals surface area contributed by atoms with Crippen LogP contribution in [0.15, 0.2) is 29.8 Å². The molecule has 1 heterocycles. The molecule has 0 aliphatic rings. The molecule has 2 N–H and O–H groups in total. The zero-order valence-corrected chi connectivity index (χ0v) is 19.1. The molecular weight excluding hydrogens is 475 g/mol. The number of hydrogen-bond acceptors (Lipinski definition) is 6. The van der Waals surface area contributed by atoms with E-state index in [-0.39, 0.29) is 24.0 Å². The normalized spacial score (nSPS) is 10.7. The van der Waals surface area contributed by atoms with Gasteiger partial charge < -0.3 is 29.4 Å². The molecule has 0 bridgehead atoms. The standard InChI is InChI=1S/C18H26N6O3.HI/c1-7-8-19-18(20-11-16-23-22-12(2)24(16)3)21-13-9-14(25-4)17(27-6)15(10-13)26-5;/h7,9-10H,1,8,11H2,2-6H3,(H2,19,20,21);1H. The van der Waals surface area contributed by atoms with Crippen molar-refractivity contribution in [2.24, 2.45) is 12.0 Å². The maximum atomic E-state index is 5.39. The van der Waals surface area contributed by atoms with Crippen LogP contribution in [0, 0.1) is 6.92 Å². The number of aromatic nitrogens is 3. The SMILES string of the molecule is C=CCNC(=NCc1nnc(C)n1C)Nc1cc(OC)c(OC)c(OC)c1.I. The maximum Gasteiger partial charge on any atom is 0.203 e. The Labute approximate surface area is 182 Å². The second kappa shape index (κ2) is 11.4. The van der Waals surface area contributed by atoms with Crippen molar-refractivity contribution in [2.45, 2.75) is 13.5 Å². The summed E-state index contributed by atoms with van der Waals surface area (Å²) in [5.74, 6) is 3.77. The van der Waals surface area contributed by atoms with Crippen LogP contribution in [0.25, 0.3) is 0 Å². The van der Waals surface area contributed by atoms with Crippen molar-refractivity contribution in [1.82, 2.24) is 20.1 Å². The van der Waals surface area contributed by atoms with Gasteiger partial charge in [-0.2, -0.15) is 0 Å². The third kappa shape index (κ3) is 5.75. The first-order valence-corrected chi connectivity index (χ1v) is 8.35. The Morgan fingerprint density at radius 2 is 1.82 bits per heavy atom. The Hall–Kier alpha value is -2.50. The minimum atomic E-state index is 0.